The third-order valence-corrected chi connectivity index (χ3v) is 7.96. The van der Waals surface area contributed by atoms with Gasteiger partial charge in [0, 0.05) is 12.3 Å². The highest BCUT2D eigenvalue weighted by Crippen LogP contribution is 2.34. The van der Waals surface area contributed by atoms with E-state index in [1.54, 1.807) is 36.5 Å². The molecule has 0 spiro atoms. The number of amides is 1. The molecule has 1 aliphatic carbocycles. The van der Waals surface area contributed by atoms with E-state index in [-0.39, 0.29) is 11.3 Å². The minimum atomic E-state index is -3.84. The molecule has 188 valence electrons. The van der Waals surface area contributed by atoms with Crippen molar-refractivity contribution in [1.29, 1.82) is 0 Å². The normalized spacial score (nSPS) is 15.1. The van der Waals surface area contributed by atoms with Crippen LogP contribution in [-0.2, 0) is 21.1 Å². The molecule has 10 heteroatoms. The van der Waals surface area contributed by atoms with Crippen molar-refractivity contribution in [3.63, 3.8) is 0 Å². The Labute approximate surface area is 211 Å². The lowest BCUT2D eigenvalue weighted by atomic mass is 9.76. The van der Waals surface area contributed by atoms with Gasteiger partial charge in [0.15, 0.2) is 9.84 Å². The second-order valence-electron chi connectivity index (χ2n) is 9.12. The van der Waals surface area contributed by atoms with Crippen molar-refractivity contribution in [2.75, 3.05) is 5.75 Å². The third kappa shape index (κ3) is 7.40. The van der Waals surface area contributed by atoms with Crippen LogP contribution in [0.2, 0.25) is 0 Å². The zero-order valence-corrected chi connectivity index (χ0v) is 20.5. The summed E-state index contributed by atoms with van der Waals surface area (Å²) in [6.45, 7) is 0. The van der Waals surface area contributed by atoms with E-state index in [0.717, 1.165) is 18.4 Å². The van der Waals surface area contributed by atoms with Gasteiger partial charge in [-0.3, -0.25) is 4.79 Å². The first-order valence-corrected chi connectivity index (χ1v) is 13.6. The minimum absolute atomic E-state index is 0.0680. The SMILES string of the molecule is O=C(N[C@@H](CC1CC1)B(O)O)[C@H](Cc1ccccc1)CS(=O)(=O)c1ccc(Oc2ccccn2)cc1. The molecule has 0 bridgehead atoms. The van der Waals surface area contributed by atoms with Crippen LogP contribution in [0.3, 0.4) is 0 Å². The van der Waals surface area contributed by atoms with Gasteiger partial charge in [-0.2, -0.15) is 0 Å². The van der Waals surface area contributed by atoms with Gasteiger partial charge in [0.25, 0.3) is 0 Å². The molecule has 0 saturated heterocycles. The van der Waals surface area contributed by atoms with Crippen molar-refractivity contribution in [3.8, 4) is 11.6 Å². The van der Waals surface area contributed by atoms with E-state index in [1.807, 2.05) is 30.3 Å². The maximum absolute atomic E-state index is 13.3. The molecule has 2 atom stereocenters. The molecule has 0 aliphatic heterocycles. The van der Waals surface area contributed by atoms with Crippen molar-refractivity contribution < 1.29 is 28.0 Å². The van der Waals surface area contributed by atoms with Crippen LogP contribution in [0, 0.1) is 11.8 Å². The maximum atomic E-state index is 13.3. The van der Waals surface area contributed by atoms with Crippen molar-refractivity contribution in [1.82, 2.24) is 10.3 Å². The van der Waals surface area contributed by atoms with E-state index >= 15 is 0 Å². The number of hydrogen-bond acceptors (Lipinski definition) is 7. The number of nitrogens with one attached hydrogen (secondary N) is 1. The Hall–Kier alpha value is -3.21. The molecule has 3 aromatic rings. The van der Waals surface area contributed by atoms with E-state index in [2.05, 4.69) is 10.3 Å². The van der Waals surface area contributed by atoms with Gasteiger partial charge >= 0.3 is 7.12 Å². The predicted molar refractivity (Wildman–Crippen MR) is 136 cm³/mol. The number of rotatable bonds is 12. The number of benzene rings is 2. The van der Waals surface area contributed by atoms with Crippen molar-refractivity contribution in [2.24, 2.45) is 11.8 Å². The summed E-state index contributed by atoms with van der Waals surface area (Å²) in [4.78, 5) is 17.4. The zero-order chi connectivity index (χ0) is 25.5. The summed E-state index contributed by atoms with van der Waals surface area (Å²) in [6.07, 6.45) is 4.22. The topological polar surface area (TPSA) is 126 Å². The quantitative estimate of drug-likeness (QED) is 0.321. The number of sulfone groups is 1. The van der Waals surface area contributed by atoms with Gasteiger partial charge in [-0.15, -0.1) is 0 Å². The fourth-order valence-corrected chi connectivity index (χ4v) is 5.54. The minimum Gasteiger partial charge on any atom is -0.439 e. The van der Waals surface area contributed by atoms with Crippen LogP contribution >= 0.6 is 0 Å². The summed E-state index contributed by atoms with van der Waals surface area (Å²) in [5, 5.41) is 22.2. The molecule has 1 amide bonds. The number of carbonyl (C=O) groups excluding carboxylic acids is 1. The summed E-state index contributed by atoms with van der Waals surface area (Å²) in [6, 6.07) is 20.4. The molecular weight excluding hydrogens is 479 g/mol. The molecule has 0 unspecified atom stereocenters. The fraction of sp³-hybridized carbons (Fsp3) is 0.308. The highest BCUT2D eigenvalue weighted by molar-refractivity contribution is 7.91. The van der Waals surface area contributed by atoms with Crippen molar-refractivity contribution in [3.05, 3.63) is 84.6 Å². The van der Waals surface area contributed by atoms with Crippen LogP contribution in [0.1, 0.15) is 24.8 Å². The van der Waals surface area contributed by atoms with Crippen LogP contribution in [0.5, 0.6) is 11.6 Å². The number of hydrogen-bond donors (Lipinski definition) is 3. The zero-order valence-electron chi connectivity index (χ0n) is 19.7. The monoisotopic (exact) mass is 508 g/mol. The Morgan fingerprint density at radius 2 is 1.72 bits per heavy atom. The summed E-state index contributed by atoms with van der Waals surface area (Å²) in [5.74, 6) is -1.52. The lowest BCUT2D eigenvalue weighted by Crippen LogP contribution is -2.50. The van der Waals surface area contributed by atoms with E-state index in [9.17, 15) is 23.3 Å². The Kier molecular flexibility index (Phi) is 8.40. The maximum Gasteiger partial charge on any atom is 0.475 e. The Morgan fingerprint density at radius 1 is 1.03 bits per heavy atom. The first-order chi connectivity index (χ1) is 17.3. The molecule has 2 aromatic carbocycles. The lowest BCUT2D eigenvalue weighted by Gasteiger charge is -2.22. The fourth-order valence-electron chi connectivity index (χ4n) is 4.00. The highest BCUT2D eigenvalue weighted by Gasteiger charge is 2.35. The van der Waals surface area contributed by atoms with Gasteiger partial charge in [-0.25, -0.2) is 13.4 Å². The summed E-state index contributed by atoms with van der Waals surface area (Å²) < 4.78 is 32.2. The highest BCUT2D eigenvalue weighted by atomic mass is 32.2. The molecule has 8 nitrogen and oxygen atoms in total. The summed E-state index contributed by atoms with van der Waals surface area (Å²) >= 11 is 0. The van der Waals surface area contributed by atoms with Crippen LogP contribution in [-0.4, -0.2) is 48.2 Å². The first kappa shape index (κ1) is 25.9. The van der Waals surface area contributed by atoms with Crippen molar-refractivity contribution >= 4 is 22.9 Å². The van der Waals surface area contributed by atoms with Crippen molar-refractivity contribution in [2.45, 2.75) is 36.5 Å². The van der Waals surface area contributed by atoms with E-state index < -0.39 is 40.5 Å². The Balaban J connectivity index is 1.50. The molecule has 3 N–H and O–H groups in total. The molecule has 4 rings (SSSR count). The summed E-state index contributed by atoms with van der Waals surface area (Å²) in [5.41, 5.74) is 0.815. The molecule has 1 fully saturated rings. The molecule has 36 heavy (non-hydrogen) atoms. The molecule has 1 heterocycles. The van der Waals surface area contributed by atoms with E-state index in [1.165, 1.54) is 12.1 Å². The van der Waals surface area contributed by atoms with Crippen LogP contribution in [0.15, 0.2) is 83.9 Å². The van der Waals surface area contributed by atoms with Crippen LogP contribution in [0.4, 0.5) is 0 Å². The van der Waals surface area contributed by atoms with E-state index in [0.29, 0.717) is 24.0 Å². The summed E-state index contributed by atoms with van der Waals surface area (Å²) in [7, 11) is -5.55. The molecule has 1 saturated carbocycles. The van der Waals surface area contributed by atoms with Crippen LogP contribution < -0.4 is 10.1 Å². The molecule has 1 aromatic heterocycles. The van der Waals surface area contributed by atoms with Gasteiger partial charge in [0.2, 0.25) is 11.8 Å². The van der Waals surface area contributed by atoms with Gasteiger partial charge in [-0.1, -0.05) is 49.2 Å². The number of aromatic nitrogens is 1. The van der Waals surface area contributed by atoms with Crippen LogP contribution in [0.25, 0.3) is 0 Å². The van der Waals surface area contributed by atoms with Gasteiger partial charge in [0.1, 0.15) is 5.75 Å². The Bertz CT molecular complexity index is 1240. The average Bonchev–Trinajstić information content (AvgIpc) is 3.69. The first-order valence-electron chi connectivity index (χ1n) is 11.9. The van der Waals surface area contributed by atoms with Gasteiger partial charge < -0.3 is 20.1 Å². The third-order valence-electron chi connectivity index (χ3n) is 6.13. The number of ether oxygens (including phenoxy) is 1. The largest absolute Gasteiger partial charge is 0.475 e. The Morgan fingerprint density at radius 3 is 2.33 bits per heavy atom. The average molecular weight is 508 g/mol. The number of pyridine rings is 1. The lowest BCUT2D eigenvalue weighted by molar-refractivity contribution is -0.124. The standard InChI is InChI=1S/C26H29BN2O6S/c30-26(29-24(27(31)32)17-20-9-10-20)21(16-19-6-2-1-3-7-19)18-36(33,34)23-13-11-22(12-14-23)35-25-8-4-5-15-28-25/h1-8,11-15,20-21,24,31-32H,9-10,16-18H2,(H,29,30)/t21-,24+/m1/s1. The number of carbonyl (C=O) groups is 1. The second-order valence-corrected chi connectivity index (χ2v) is 11.2. The van der Waals surface area contributed by atoms with Gasteiger partial charge in [-0.05, 0) is 54.7 Å². The van der Waals surface area contributed by atoms with Gasteiger partial charge in [0.05, 0.1) is 22.5 Å². The predicted octanol–water partition coefficient (Wildman–Crippen LogP) is 2.80. The number of nitrogens with zero attached hydrogens (tertiary/aromatic N) is 1. The van der Waals surface area contributed by atoms with E-state index in [4.69, 9.17) is 4.74 Å². The second kappa shape index (κ2) is 11.7. The smallest absolute Gasteiger partial charge is 0.439 e. The molecule has 1 aliphatic rings. The molecule has 0 radical (unpaired) electrons. The molecular formula is C26H29BN2O6S.